The fraction of sp³-hybridized carbons (Fsp3) is 0.667. The van der Waals surface area contributed by atoms with Gasteiger partial charge >= 0.3 is 5.97 Å². The molecule has 0 aromatic carbocycles. The van der Waals surface area contributed by atoms with Gasteiger partial charge < -0.3 is 14.9 Å². The average Bonchev–Trinajstić information content (AvgIpc) is 2.10. The molecular formula is C9H16O4. The Labute approximate surface area is 77.8 Å². The Kier molecular flexibility index (Phi) is 7.24. The number of carbonyl (C=O) groups is 1. The number of hydrogen-bond donors (Lipinski definition) is 2. The molecule has 0 aliphatic rings. The summed E-state index contributed by atoms with van der Waals surface area (Å²) >= 11 is 0. The number of ether oxygens (including phenoxy) is 1. The van der Waals surface area contributed by atoms with Crippen LogP contribution in [0.2, 0.25) is 0 Å². The molecule has 0 atom stereocenters. The molecule has 0 saturated carbocycles. The Morgan fingerprint density at radius 2 is 2.08 bits per heavy atom. The standard InChI is InChI=1S/C9H16O4/c1-2-9(12)13-7-5-3-4-6-8(10)11/h2,8,10-11H,1,3-7H2. The minimum absolute atomic E-state index is 0.367. The lowest BCUT2D eigenvalue weighted by Gasteiger charge is -2.03. The first kappa shape index (κ1) is 12.1. The number of carbonyl (C=O) groups excluding carboxylic acids is 1. The van der Waals surface area contributed by atoms with Crippen molar-refractivity contribution in [2.45, 2.75) is 32.0 Å². The summed E-state index contributed by atoms with van der Waals surface area (Å²) in [5.41, 5.74) is 0. The van der Waals surface area contributed by atoms with Gasteiger partial charge in [0.1, 0.15) is 0 Å². The Morgan fingerprint density at radius 3 is 2.62 bits per heavy atom. The van der Waals surface area contributed by atoms with Crippen molar-refractivity contribution in [2.24, 2.45) is 0 Å². The third kappa shape index (κ3) is 9.04. The number of esters is 1. The van der Waals surface area contributed by atoms with Gasteiger partial charge in [0, 0.05) is 6.08 Å². The van der Waals surface area contributed by atoms with Crippen molar-refractivity contribution in [1.29, 1.82) is 0 Å². The van der Waals surface area contributed by atoms with Crippen molar-refractivity contribution in [3.05, 3.63) is 12.7 Å². The molecule has 0 rings (SSSR count). The maximum Gasteiger partial charge on any atom is 0.330 e. The van der Waals surface area contributed by atoms with Crippen molar-refractivity contribution in [3.63, 3.8) is 0 Å². The minimum atomic E-state index is -1.23. The molecule has 0 bridgehead atoms. The summed E-state index contributed by atoms with van der Waals surface area (Å²) in [6.07, 6.45) is 2.56. The molecule has 0 aliphatic heterocycles. The van der Waals surface area contributed by atoms with E-state index in [2.05, 4.69) is 6.58 Å². The molecule has 4 heteroatoms. The van der Waals surface area contributed by atoms with Crippen LogP contribution in [0.1, 0.15) is 25.7 Å². The van der Waals surface area contributed by atoms with Crippen LogP contribution in [0.5, 0.6) is 0 Å². The molecule has 0 radical (unpaired) electrons. The van der Waals surface area contributed by atoms with Gasteiger partial charge in [0.15, 0.2) is 6.29 Å². The van der Waals surface area contributed by atoms with E-state index in [9.17, 15) is 4.79 Å². The van der Waals surface area contributed by atoms with Gasteiger partial charge in [-0.3, -0.25) is 0 Å². The normalized spacial score (nSPS) is 10.1. The van der Waals surface area contributed by atoms with E-state index in [0.717, 1.165) is 25.3 Å². The summed E-state index contributed by atoms with van der Waals surface area (Å²) in [5.74, 6) is -0.415. The summed E-state index contributed by atoms with van der Waals surface area (Å²) in [5, 5.41) is 17.0. The molecule has 4 nitrogen and oxygen atoms in total. The molecule has 0 aromatic heterocycles. The number of hydrogen-bond acceptors (Lipinski definition) is 4. The van der Waals surface area contributed by atoms with Gasteiger partial charge in [0.05, 0.1) is 6.61 Å². The zero-order chi connectivity index (χ0) is 10.1. The molecule has 0 aromatic rings. The minimum Gasteiger partial charge on any atom is -0.463 e. The number of unbranched alkanes of at least 4 members (excludes halogenated alkanes) is 2. The summed E-state index contributed by atoms with van der Waals surface area (Å²) in [7, 11) is 0. The van der Waals surface area contributed by atoms with E-state index < -0.39 is 12.3 Å². The van der Waals surface area contributed by atoms with Crippen LogP contribution in [0.4, 0.5) is 0 Å². The fourth-order valence-corrected chi connectivity index (χ4v) is 0.837. The first-order valence-electron chi connectivity index (χ1n) is 4.32. The van der Waals surface area contributed by atoms with Gasteiger partial charge in [-0.1, -0.05) is 6.58 Å². The van der Waals surface area contributed by atoms with Crippen molar-refractivity contribution < 1.29 is 19.7 Å². The topological polar surface area (TPSA) is 66.8 Å². The molecule has 0 spiro atoms. The van der Waals surface area contributed by atoms with Crippen LogP contribution in [0.3, 0.4) is 0 Å². The van der Waals surface area contributed by atoms with Crippen LogP contribution in [0, 0.1) is 0 Å². The fourth-order valence-electron chi connectivity index (χ4n) is 0.837. The molecule has 0 heterocycles. The van der Waals surface area contributed by atoms with E-state index in [-0.39, 0.29) is 0 Å². The van der Waals surface area contributed by atoms with Gasteiger partial charge in [0.25, 0.3) is 0 Å². The van der Waals surface area contributed by atoms with Crippen molar-refractivity contribution in [3.8, 4) is 0 Å². The smallest absolute Gasteiger partial charge is 0.330 e. The zero-order valence-corrected chi connectivity index (χ0v) is 7.61. The Hall–Kier alpha value is -0.870. The van der Waals surface area contributed by atoms with Gasteiger partial charge in [-0.25, -0.2) is 4.79 Å². The number of rotatable bonds is 7. The Balaban J connectivity index is 3.08. The predicted molar refractivity (Wildman–Crippen MR) is 47.8 cm³/mol. The molecule has 0 amide bonds. The zero-order valence-electron chi connectivity index (χ0n) is 7.61. The molecule has 76 valence electrons. The van der Waals surface area contributed by atoms with Crippen molar-refractivity contribution in [2.75, 3.05) is 6.61 Å². The lowest BCUT2D eigenvalue weighted by Crippen LogP contribution is -2.04. The summed E-state index contributed by atoms with van der Waals surface area (Å²) < 4.78 is 4.72. The first-order valence-corrected chi connectivity index (χ1v) is 4.32. The van der Waals surface area contributed by atoms with E-state index in [1.807, 2.05) is 0 Å². The lowest BCUT2D eigenvalue weighted by molar-refractivity contribution is -0.137. The quantitative estimate of drug-likeness (QED) is 0.265. The largest absolute Gasteiger partial charge is 0.463 e. The van der Waals surface area contributed by atoms with E-state index in [1.54, 1.807) is 0 Å². The highest BCUT2D eigenvalue weighted by Gasteiger charge is 1.98. The van der Waals surface area contributed by atoms with E-state index in [0.29, 0.717) is 13.0 Å². The monoisotopic (exact) mass is 188 g/mol. The molecule has 0 saturated heterocycles. The van der Waals surface area contributed by atoms with Gasteiger partial charge in [-0.15, -0.1) is 0 Å². The molecule has 2 N–H and O–H groups in total. The summed E-state index contributed by atoms with van der Waals surface area (Å²) in [4.78, 5) is 10.5. The number of aliphatic hydroxyl groups is 2. The molecule has 0 aliphatic carbocycles. The first-order chi connectivity index (χ1) is 6.16. The maximum absolute atomic E-state index is 10.5. The Bertz CT molecular complexity index is 154. The summed E-state index contributed by atoms with van der Waals surface area (Å²) in [6, 6.07) is 0. The van der Waals surface area contributed by atoms with E-state index in [1.165, 1.54) is 0 Å². The maximum atomic E-state index is 10.5. The van der Waals surface area contributed by atoms with Crippen LogP contribution in [-0.4, -0.2) is 29.1 Å². The molecule has 13 heavy (non-hydrogen) atoms. The SMILES string of the molecule is C=CC(=O)OCCCCCC(O)O. The highest BCUT2D eigenvalue weighted by atomic mass is 16.5. The number of aliphatic hydroxyl groups excluding tert-OH is 1. The van der Waals surface area contributed by atoms with E-state index in [4.69, 9.17) is 14.9 Å². The van der Waals surface area contributed by atoms with Crippen molar-refractivity contribution in [1.82, 2.24) is 0 Å². The van der Waals surface area contributed by atoms with Crippen molar-refractivity contribution >= 4 is 5.97 Å². The average molecular weight is 188 g/mol. The predicted octanol–water partition coefficient (Wildman–Crippen LogP) is 0.587. The second kappa shape index (κ2) is 7.76. The Morgan fingerprint density at radius 1 is 1.38 bits per heavy atom. The lowest BCUT2D eigenvalue weighted by atomic mass is 10.2. The third-order valence-electron chi connectivity index (χ3n) is 1.52. The second-order valence-electron chi connectivity index (χ2n) is 2.70. The third-order valence-corrected chi connectivity index (χ3v) is 1.52. The van der Waals surface area contributed by atoms with Crippen LogP contribution < -0.4 is 0 Å². The highest BCUT2D eigenvalue weighted by Crippen LogP contribution is 2.02. The van der Waals surface area contributed by atoms with Crippen LogP contribution in [0.15, 0.2) is 12.7 Å². The summed E-state index contributed by atoms with van der Waals surface area (Å²) in [6.45, 7) is 3.63. The van der Waals surface area contributed by atoms with Crippen LogP contribution in [0.25, 0.3) is 0 Å². The van der Waals surface area contributed by atoms with Crippen LogP contribution in [-0.2, 0) is 9.53 Å². The highest BCUT2D eigenvalue weighted by molar-refractivity contribution is 5.81. The van der Waals surface area contributed by atoms with Gasteiger partial charge in [-0.2, -0.15) is 0 Å². The molecule has 0 unspecified atom stereocenters. The van der Waals surface area contributed by atoms with Crippen LogP contribution >= 0.6 is 0 Å². The molecule has 0 fully saturated rings. The van der Waals surface area contributed by atoms with Gasteiger partial charge in [-0.05, 0) is 25.7 Å². The van der Waals surface area contributed by atoms with E-state index >= 15 is 0 Å². The van der Waals surface area contributed by atoms with Gasteiger partial charge in [0.2, 0.25) is 0 Å². The second-order valence-corrected chi connectivity index (χ2v) is 2.70. The molecular weight excluding hydrogens is 172 g/mol.